The molecule has 1 aliphatic carbocycles. The third-order valence-electron chi connectivity index (χ3n) is 5.85. The molecule has 4 rings (SSSR count). The van der Waals surface area contributed by atoms with Crippen LogP contribution in [-0.4, -0.2) is 32.7 Å². The third kappa shape index (κ3) is 4.08. The molecule has 1 heterocycles. The lowest BCUT2D eigenvalue weighted by Gasteiger charge is -2.30. The summed E-state index contributed by atoms with van der Waals surface area (Å²) < 4.78 is 0.857. The van der Waals surface area contributed by atoms with E-state index in [0.29, 0.717) is 12.8 Å². The summed E-state index contributed by atoms with van der Waals surface area (Å²) in [6, 6.07) is 12.3. The van der Waals surface area contributed by atoms with Gasteiger partial charge in [0.1, 0.15) is 0 Å². The monoisotopic (exact) mass is 497 g/mol. The highest BCUT2D eigenvalue weighted by Gasteiger charge is 2.51. The number of hydrazine groups is 1. The molecule has 0 bridgehead atoms. The smallest absolute Gasteiger partial charge is 0.272 e. The first-order chi connectivity index (χ1) is 15.3. The van der Waals surface area contributed by atoms with Gasteiger partial charge in [-0.1, -0.05) is 39.7 Å². The van der Waals surface area contributed by atoms with Crippen LogP contribution < -0.4 is 0 Å². The summed E-state index contributed by atoms with van der Waals surface area (Å²) >= 11 is 3.37. The minimum atomic E-state index is -0.576. The van der Waals surface area contributed by atoms with Crippen molar-refractivity contribution in [3.63, 3.8) is 0 Å². The molecule has 8 nitrogen and oxygen atoms in total. The average Bonchev–Trinajstić information content (AvgIpc) is 3.02. The average molecular weight is 498 g/mol. The number of benzene rings is 2. The van der Waals surface area contributed by atoms with Crippen molar-refractivity contribution in [3.8, 4) is 0 Å². The fraction of sp³-hybridized carbons (Fsp3) is 0.261. The SMILES string of the molecule is CC1=CC[C@H]2C(=O)N(N(Cc3ccc(Br)cc3)C(=O)c3ccc([N+](=O)[O-])cc3)C(=O)[C@@H]2C1. The van der Waals surface area contributed by atoms with Gasteiger partial charge in [0, 0.05) is 22.2 Å². The second-order valence-electron chi connectivity index (χ2n) is 7.98. The van der Waals surface area contributed by atoms with E-state index in [9.17, 15) is 24.5 Å². The van der Waals surface area contributed by atoms with Crippen LogP contribution >= 0.6 is 15.9 Å². The molecule has 0 unspecified atom stereocenters. The Labute approximate surface area is 192 Å². The lowest BCUT2D eigenvalue weighted by Crippen LogP contribution is -2.49. The predicted octanol–water partition coefficient (Wildman–Crippen LogP) is 4.26. The Balaban J connectivity index is 1.70. The number of rotatable bonds is 5. The summed E-state index contributed by atoms with van der Waals surface area (Å²) in [7, 11) is 0. The molecule has 1 saturated heterocycles. The van der Waals surface area contributed by atoms with E-state index in [1.54, 1.807) is 12.1 Å². The van der Waals surface area contributed by atoms with E-state index in [-0.39, 0.29) is 23.7 Å². The Kier molecular flexibility index (Phi) is 5.92. The maximum Gasteiger partial charge on any atom is 0.273 e. The summed E-state index contributed by atoms with van der Waals surface area (Å²) in [5, 5.41) is 13.1. The number of hydrogen-bond donors (Lipinski definition) is 0. The van der Waals surface area contributed by atoms with Gasteiger partial charge >= 0.3 is 0 Å². The van der Waals surface area contributed by atoms with Crippen LogP contribution in [0.15, 0.2) is 64.7 Å². The van der Waals surface area contributed by atoms with E-state index in [4.69, 9.17) is 0 Å². The molecule has 0 aromatic heterocycles. The van der Waals surface area contributed by atoms with E-state index >= 15 is 0 Å². The van der Waals surface area contributed by atoms with Crippen LogP contribution in [0.1, 0.15) is 35.7 Å². The number of nitrogens with zero attached hydrogens (tertiary/aromatic N) is 3. The van der Waals surface area contributed by atoms with E-state index in [1.807, 2.05) is 25.1 Å². The number of amides is 3. The van der Waals surface area contributed by atoms with Crippen molar-refractivity contribution in [1.82, 2.24) is 10.0 Å². The molecule has 2 atom stereocenters. The van der Waals surface area contributed by atoms with Crippen molar-refractivity contribution in [2.45, 2.75) is 26.3 Å². The van der Waals surface area contributed by atoms with E-state index in [2.05, 4.69) is 15.9 Å². The normalized spacial score (nSPS) is 20.1. The zero-order valence-electron chi connectivity index (χ0n) is 17.2. The highest BCUT2D eigenvalue weighted by atomic mass is 79.9. The molecule has 0 radical (unpaired) electrons. The maximum absolute atomic E-state index is 13.4. The van der Waals surface area contributed by atoms with Crippen LogP contribution in [0.4, 0.5) is 5.69 Å². The Hall–Kier alpha value is -3.33. The van der Waals surface area contributed by atoms with Crippen molar-refractivity contribution in [2.24, 2.45) is 11.8 Å². The highest BCUT2D eigenvalue weighted by Crippen LogP contribution is 2.39. The molecular formula is C23H20BrN3O5. The number of allylic oxidation sites excluding steroid dienone is 2. The Morgan fingerprint density at radius 2 is 1.72 bits per heavy atom. The van der Waals surface area contributed by atoms with Crippen molar-refractivity contribution in [3.05, 3.63) is 85.9 Å². The van der Waals surface area contributed by atoms with Gasteiger partial charge in [0.05, 0.1) is 23.3 Å². The Morgan fingerprint density at radius 1 is 1.09 bits per heavy atom. The highest BCUT2D eigenvalue weighted by molar-refractivity contribution is 9.10. The molecule has 0 saturated carbocycles. The number of non-ortho nitro benzene ring substituents is 1. The molecule has 32 heavy (non-hydrogen) atoms. The topological polar surface area (TPSA) is 101 Å². The molecule has 3 amide bonds. The number of hydrogen-bond acceptors (Lipinski definition) is 5. The fourth-order valence-corrected chi connectivity index (χ4v) is 4.39. The molecule has 2 aliphatic rings. The van der Waals surface area contributed by atoms with Gasteiger partial charge in [-0.15, -0.1) is 0 Å². The summed E-state index contributed by atoms with van der Waals surface area (Å²) in [5.41, 5.74) is 1.78. The summed E-state index contributed by atoms with van der Waals surface area (Å²) in [4.78, 5) is 50.3. The summed E-state index contributed by atoms with van der Waals surface area (Å²) in [6.07, 6.45) is 2.92. The molecule has 2 aromatic carbocycles. The van der Waals surface area contributed by atoms with E-state index in [0.717, 1.165) is 25.6 Å². The number of carbonyl (C=O) groups excluding carboxylic acids is 3. The fourth-order valence-electron chi connectivity index (χ4n) is 4.13. The van der Waals surface area contributed by atoms with E-state index in [1.165, 1.54) is 24.3 Å². The summed E-state index contributed by atoms with van der Waals surface area (Å²) in [6.45, 7) is 1.94. The van der Waals surface area contributed by atoms with Gasteiger partial charge in [-0.25, -0.2) is 5.01 Å². The largest absolute Gasteiger partial charge is 0.273 e. The first-order valence-corrected chi connectivity index (χ1v) is 10.9. The minimum Gasteiger partial charge on any atom is -0.272 e. The number of fused-ring (bicyclic) bond motifs is 1. The molecule has 9 heteroatoms. The first kappa shape index (κ1) is 21.9. The van der Waals surface area contributed by atoms with Crippen LogP contribution in [0, 0.1) is 22.0 Å². The zero-order chi connectivity index (χ0) is 23.0. The number of halogens is 1. The summed E-state index contributed by atoms with van der Waals surface area (Å²) in [5.74, 6) is -2.32. The van der Waals surface area contributed by atoms with Gasteiger partial charge < -0.3 is 0 Å². The molecule has 1 aliphatic heterocycles. The first-order valence-electron chi connectivity index (χ1n) is 10.1. The number of carbonyl (C=O) groups is 3. The lowest BCUT2D eigenvalue weighted by atomic mass is 9.82. The van der Waals surface area contributed by atoms with Gasteiger partial charge in [-0.05, 0) is 49.6 Å². The number of nitro benzene ring substituents is 1. The lowest BCUT2D eigenvalue weighted by molar-refractivity contribution is -0.384. The van der Waals surface area contributed by atoms with Crippen LogP contribution in [0.25, 0.3) is 0 Å². The molecule has 0 spiro atoms. The molecule has 1 fully saturated rings. The molecule has 164 valence electrons. The Morgan fingerprint density at radius 3 is 2.34 bits per heavy atom. The second kappa shape index (κ2) is 8.66. The zero-order valence-corrected chi connectivity index (χ0v) is 18.8. The minimum absolute atomic E-state index is 0.00638. The van der Waals surface area contributed by atoms with Crippen LogP contribution in [0.2, 0.25) is 0 Å². The van der Waals surface area contributed by atoms with E-state index < -0.39 is 28.6 Å². The number of imide groups is 1. The van der Waals surface area contributed by atoms with Crippen molar-refractivity contribution in [1.29, 1.82) is 0 Å². The van der Waals surface area contributed by atoms with Crippen molar-refractivity contribution < 1.29 is 19.3 Å². The van der Waals surface area contributed by atoms with Crippen molar-refractivity contribution in [2.75, 3.05) is 0 Å². The van der Waals surface area contributed by atoms with Gasteiger partial charge in [0.25, 0.3) is 23.4 Å². The molecular weight excluding hydrogens is 478 g/mol. The number of nitro groups is 1. The van der Waals surface area contributed by atoms with Crippen molar-refractivity contribution >= 4 is 39.3 Å². The van der Waals surface area contributed by atoms with Crippen LogP contribution in [-0.2, 0) is 16.1 Å². The van der Waals surface area contributed by atoms with Gasteiger partial charge in [0.15, 0.2) is 0 Å². The van der Waals surface area contributed by atoms with Gasteiger partial charge in [-0.2, -0.15) is 5.01 Å². The maximum atomic E-state index is 13.4. The van der Waals surface area contributed by atoms with Gasteiger partial charge in [-0.3, -0.25) is 24.5 Å². The van der Waals surface area contributed by atoms with Crippen LogP contribution in [0.5, 0.6) is 0 Å². The second-order valence-corrected chi connectivity index (χ2v) is 8.90. The van der Waals surface area contributed by atoms with Gasteiger partial charge in [0.2, 0.25) is 0 Å². The predicted molar refractivity (Wildman–Crippen MR) is 119 cm³/mol. The molecule has 2 aromatic rings. The standard InChI is InChI=1S/C23H20BrN3O5/c1-14-2-11-19-20(12-14)23(30)26(22(19)29)25(13-15-3-7-17(24)8-4-15)21(28)16-5-9-18(10-6-16)27(31)32/h2-10,19-20H,11-13H2,1H3/t19-,20-/m1/s1. The van der Waals surface area contributed by atoms with Crippen LogP contribution in [0.3, 0.4) is 0 Å². The third-order valence-corrected chi connectivity index (χ3v) is 6.37. The Bertz CT molecular complexity index is 1130. The quantitative estimate of drug-likeness (QED) is 0.266. The molecule has 0 N–H and O–H groups in total.